The van der Waals surface area contributed by atoms with E-state index in [4.69, 9.17) is 9.47 Å². The molecule has 0 unspecified atom stereocenters. The smallest absolute Gasteiger partial charge is 0.219 e. The van der Waals surface area contributed by atoms with Gasteiger partial charge in [0.15, 0.2) is 17.5 Å². The number of hydrogen-bond donors (Lipinski definition) is 2. The quantitative estimate of drug-likeness (QED) is 0.239. The van der Waals surface area contributed by atoms with E-state index in [0.29, 0.717) is 42.6 Å². The first-order valence-electron chi connectivity index (χ1n) is 11.0. The SMILES string of the molecule is CCOc1ccccc1Oc1ccc(CNC(=NC)NCCN(C(C)C)C(C)C)cn1.I. The highest BCUT2D eigenvalue weighted by Crippen LogP contribution is 2.30. The van der Waals surface area contributed by atoms with Gasteiger partial charge in [0.1, 0.15) is 0 Å². The lowest BCUT2D eigenvalue weighted by molar-refractivity contribution is 0.178. The molecule has 0 spiro atoms. The molecule has 7 nitrogen and oxygen atoms in total. The number of nitrogens with zero attached hydrogens (tertiary/aromatic N) is 3. The number of rotatable bonds is 11. The summed E-state index contributed by atoms with van der Waals surface area (Å²) in [6.07, 6.45) is 1.80. The van der Waals surface area contributed by atoms with Gasteiger partial charge < -0.3 is 20.1 Å². The predicted molar refractivity (Wildman–Crippen MR) is 143 cm³/mol. The molecule has 0 saturated heterocycles. The van der Waals surface area contributed by atoms with Crippen molar-refractivity contribution in [3.63, 3.8) is 0 Å². The van der Waals surface area contributed by atoms with Crippen LogP contribution in [0.2, 0.25) is 0 Å². The van der Waals surface area contributed by atoms with Gasteiger partial charge in [-0.25, -0.2) is 4.98 Å². The normalized spacial score (nSPS) is 11.5. The maximum atomic E-state index is 5.88. The van der Waals surface area contributed by atoms with Crippen LogP contribution in [0, 0.1) is 0 Å². The number of ether oxygens (including phenoxy) is 2. The molecule has 1 heterocycles. The van der Waals surface area contributed by atoms with Crippen molar-refractivity contribution in [1.82, 2.24) is 20.5 Å². The maximum Gasteiger partial charge on any atom is 0.219 e. The van der Waals surface area contributed by atoms with Gasteiger partial charge in [-0.2, -0.15) is 0 Å². The van der Waals surface area contributed by atoms with Gasteiger partial charge in [0, 0.05) is 51.0 Å². The van der Waals surface area contributed by atoms with Crippen molar-refractivity contribution >= 4 is 29.9 Å². The minimum atomic E-state index is 0. The van der Waals surface area contributed by atoms with Crippen LogP contribution in [0.5, 0.6) is 17.4 Å². The molecule has 0 fully saturated rings. The molecule has 0 aliphatic heterocycles. The summed E-state index contributed by atoms with van der Waals surface area (Å²) >= 11 is 0. The Morgan fingerprint density at radius 2 is 1.72 bits per heavy atom. The van der Waals surface area contributed by atoms with Gasteiger partial charge in [0.25, 0.3) is 0 Å². The number of para-hydroxylation sites is 2. The Morgan fingerprint density at radius 1 is 1.03 bits per heavy atom. The molecule has 8 heteroatoms. The Hall–Kier alpha value is -2.07. The zero-order valence-electron chi connectivity index (χ0n) is 20.1. The van der Waals surface area contributed by atoms with Crippen LogP contribution in [0.15, 0.2) is 47.6 Å². The van der Waals surface area contributed by atoms with Crippen LogP contribution in [0.4, 0.5) is 0 Å². The van der Waals surface area contributed by atoms with Gasteiger partial charge in [0.2, 0.25) is 5.88 Å². The number of benzene rings is 1. The number of nitrogens with one attached hydrogen (secondary N) is 2. The summed E-state index contributed by atoms with van der Waals surface area (Å²) in [6, 6.07) is 12.5. The highest BCUT2D eigenvalue weighted by molar-refractivity contribution is 14.0. The fourth-order valence-electron chi connectivity index (χ4n) is 3.32. The highest BCUT2D eigenvalue weighted by atomic mass is 127. The first-order valence-corrected chi connectivity index (χ1v) is 11.0. The molecular weight excluding hydrogens is 517 g/mol. The van der Waals surface area contributed by atoms with Crippen LogP contribution in [-0.2, 0) is 6.54 Å². The lowest BCUT2D eigenvalue weighted by Crippen LogP contribution is -2.45. The number of hydrogen-bond acceptors (Lipinski definition) is 5. The zero-order chi connectivity index (χ0) is 22.6. The van der Waals surface area contributed by atoms with Gasteiger partial charge in [-0.05, 0) is 52.3 Å². The largest absolute Gasteiger partial charge is 0.490 e. The number of guanidine groups is 1. The Morgan fingerprint density at radius 3 is 2.28 bits per heavy atom. The van der Waals surface area contributed by atoms with Crippen molar-refractivity contribution < 1.29 is 9.47 Å². The van der Waals surface area contributed by atoms with E-state index in [2.05, 4.69) is 53.2 Å². The van der Waals surface area contributed by atoms with Crippen molar-refractivity contribution in [3.8, 4) is 17.4 Å². The van der Waals surface area contributed by atoms with Gasteiger partial charge in [-0.1, -0.05) is 18.2 Å². The lowest BCUT2D eigenvalue weighted by atomic mass is 10.2. The Labute approximate surface area is 210 Å². The van der Waals surface area contributed by atoms with Crippen molar-refractivity contribution in [3.05, 3.63) is 48.2 Å². The third-order valence-corrected chi connectivity index (χ3v) is 4.83. The molecule has 178 valence electrons. The average Bonchev–Trinajstić information content (AvgIpc) is 2.75. The third-order valence-electron chi connectivity index (χ3n) is 4.83. The van der Waals surface area contributed by atoms with Crippen LogP contribution >= 0.6 is 24.0 Å². The second-order valence-electron chi connectivity index (χ2n) is 7.76. The van der Waals surface area contributed by atoms with E-state index in [9.17, 15) is 0 Å². The molecule has 0 amide bonds. The topological polar surface area (TPSA) is 71.0 Å². The summed E-state index contributed by atoms with van der Waals surface area (Å²) in [7, 11) is 1.78. The van der Waals surface area contributed by atoms with E-state index in [1.807, 2.05) is 43.3 Å². The summed E-state index contributed by atoms with van der Waals surface area (Å²) in [5.41, 5.74) is 1.04. The minimum Gasteiger partial charge on any atom is -0.490 e. The third kappa shape index (κ3) is 9.20. The molecule has 0 atom stereocenters. The maximum absolute atomic E-state index is 5.88. The molecule has 2 N–H and O–H groups in total. The fourth-order valence-corrected chi connectivity index (χ4v) is 3.32. The monoisotopic (exact) mass is 555 g/mol. The summed E-state index contributed by atoms with van der Waals surface area (Å²) in [5, 5.41) is 6.71. The number of aromatic nitrogens is 1. The van der Waals surface area contributed by atoms with Gasteiger partial charge in [0.05, 0.1) is 6.61 Å². The van der Waals surface area contributed by atoms with Gasteiger partial charge in [-0.15, -0.1) is 24.0 Å². The second kappa shape index (κ2) is 14.9. The molecule has 0 saturated carbocycles. The standard InChI is InChI=1S/C24H37N5O2.HI/c1-7-30-21-10-8-9-11-22(21)31-23-13-12-20(16-27-23)17-28-24(25-6)26-14-15-29(18(2)3)19(4)5;/h8-13,16,18-19H,7,14-15,17H2,1-6H3,(H2,25,26,28);1H. The first kappa shape index (κ1) is 28.0. The lowest BCUT2D eigenvalue weighted by Gasteiger charge is -2.30. The van der Waals surface area contributed by atoms with Crippen LogP contribution in [-0.4, -0.2) is 54.7 Å². The summed E-state index contributed by atoms with van der Waals surface area (Å²) in [6.45, 7) is 13.9. The summed E-state index contributed by atoms with van der Waals surface area (Å²) < 4.78 is 11.5. The molecule has 32 heavy (non-hydrogen) atoms. The first-order chi connectivity index (χ1) is 14.9. The molecular formula is C24H38IN5O2. The average molecular weight is 556 g/mol. The van der Waals surface area contributed by atoms with Crippen LogP contribution in [0.1, 0.15) is 40.2 Å². The van der Waals surface area contributed by atoms with E-state index >= 15 is 0 Å². The van der Waals surface area contributed by atoms with Crippen molar-refractivity contribution in [2.45, 2.75) is 53.2 Å². The predicted octanol–water partition coefficient (Wildman–Crippen LogP) is 4.67. The molecule has 1 aromatic heterocycles. The molecule has 0 radical (unpaired) electrons. The Balaban J connectivity index is 0.00000512. The van der Waals surface area contributed by atoms with Crippen LogP contribution in [0.25, 0.3) is 0 Å². The molecule has 0 bridgehead atoms. The molecule has 2 rings (SSSR count). The minimum absolute atomic E-state index is 0. The fraction of sp³-hybridized carbons (Fsp3) is 0.500. The number of pyridine rings is 1. The van der Waals surface area contributed by atoms with E-state index in [1.54, 1.807) is 13.2 Å². The summed E-state index contributed by atoms with van der Waals surface area (Å²) in [4.78, 5) is 11.2. The van der Waals surface area contributed by atoms with E-state index in [0.717, 1.165) is 24.6 Å². The molecule has 0 aliphatic carbocycles. The van der Waals surface area contributed by atoms with Crippen molar-refractivity contribution in [1.29, 1.82) is 0 Å². The van der Waals surface area contributed by atoms with E-state index < -0.39 is 0 Å². The van der Waals surface area contributed by atoms with Crippen LogP contribution < -0.4 is 20.1 Å². The Kier molecular flexibility index (Phi) is 13.0. The van der Waals surface area contributed by atoms with Crippen LogP contribution in [0.3, 0.4) is 0 Å². The van der Waals surface area contributed by atoms with Crippen molar-refractivity contribution in [2.75, 3.05) is 26.7 Å². The second-order valence-corrected chi connectivity index (χ2v) is 7.76. The Bertz CT molecular complexity index is 804. The van der Waals surface area contributed by atoms with Crippen molar-refractivity contribution in [2.24, 2.45) is 4.99 Å². The molecule has 1 aromatic carbocycles. The molecule has 2 aromatic rings. The number of aliphatic imine (C=N–C) groups is 1. The van der Waals surface area contributed by atoms with E-state index in [1.165, 1.54) is 0 Å². The zero-order valence-corrected chi connectivity index (χ0v) is 22.4. The van der Waals surface area contributed by atoms with Gasteiger partial charge in [-0.3, -0.25) is 9.89 Å². The molecule has 0 aliphatic rings. The van der Waals surface area contributed by atoms with Gasteiger partial charge >= 0.3 is 0 Å². The van der Waals surface area contributed by atoms with E-state index in [-0.39, 0.29) is 24.0 Å². The highest BCUT2D eigenvalue weighted by Gasteiger charge is 2.12. The number of halogens is 1. The summed E-state index contributed by atoms with van der Waals surface area (Å²) in [5.74, 6) is 2.67.